The zero-order valence-corrected chi connectivity index (χ0v) is 16.2. The summed E-state index contributed by atoms with van der Waals surface area (Å²) in [6.07, 6.45) is -3.02. The average molecular weight is 406 g/mol. The molecule has 0 bridgehead atoms. The van der Waals surface area contributed by atoms with E-state index in [1.54, 1.807) is 19.2 Å². The molecule has 0 aliphatic carbocycles. The second-order valence-corrected chi connectivity index (χ2v) is 6.35. The fraction of sp³-hybridized carbons (Fsp3) is 0.333. The molecule has 0 aromatic heterocycles. The van der Waals surface area contributed by atoms with Gasteiger partial charge in [0.25, 0.3) is 5.91 Å². The molecule has 1 amide bonds. The lowest BCUT2D eigenvalue weighted by molar-refractivity contribution is -0.137. The van der Waals surface area contributed by atoms with E-state index in [1.807, 2.05) is 18.2 Å². The second kappa shape index (κ2) is 11.1. The number of nitrogens with zero attached hydrogens (tertiary/aromatic N) is 1. The summed E-state index contributed by atoms with van der Waals surface area (Å²) in [6.45, 7) is 1.69. The van der Waals surface area contributed by atoms with Crippen LogP contribution in [-0.4, -0.2) is 38.5 Å². The van der Waals surface area contributed by atoms with Crippen LogP contribution in [0.25, 0.3) is 0 Å². The van der Waals surface area contributed by atoms with E-state index in [2.05, 4.69) is 20.9 Å². The molecule has 0 saturated carbocycles. The molecular weight excluding hydrogens is 381 g/mol. The van der Waals surface area contributed by atoms with Crippen LogP contribution >= 0.6 is 0 Å². The van der Waals surface area contributed by atoms with Gasteiger partial charge in [-0.2, -0.15) is 13.2 Å². The number of guanidine groups is 1. The lowest BCUT2D eigenvalue weighted by Gasteiger charge is -2.12. The maximum atomic E-state index is 12.6. The van der Waals surface area contributed by atoms with Crippen molar-refractivity contribution in [3.05, 3.63) is 71.3 Å². The quantitative estimate of drug-likeness (QED) is 0.358. The highest BCUT2D eigenvalue weighted by Crippen LogP contribution is 2.29. The van der Waals surface area contributed by atoms with Gasteiger partial charge in [0.05, 0.1) is 5.56 Å². The zero-order chi connectivity index (χ0) is 21.1. The monoisotopic (exact) mass is 406 g/mol. The molecule has 5 nitrogen and oxygen atoms in total. The van der Waals surface area contributed by atoms with E-state index in [0.29, 0.717) is 37.6 Å². The Kier molecular flexibility index (Phi) is 8.51. The first-order valence-corrected chi connectivity index (χ1v) is 9.34. The molecule has 8 heteroatoms. The number of benzene rings is 2. The smallest absolute Gasteiger partial charge is 0.356 e. The van der Waals surface area contributed by atoms with Crippen molar-refractivity contribution in [1.29, 1.82) is 0 Å². The molecule has 0 spiro atoms. The molecule has 0 radical (unpaired) electrons. The van der Waals surface area contributed by atoms with Crippen molar-refractivity contribution in [2.24, 2.45) is 4.99 Å². The molecule has 3 N–H and O–H groups in total. The summed E-state index contributed by atoms with van der Waals surface area (Å²) in [7, 11) is 1.64. The Morgan fingerprint density at radius 3 is 2.14 bits per heavy atom. The number of amides is 1. The van der Waals surface area contributed by atoms with Gasteiger partial charge in [0.1, 0.15) is 0 Å². The predicted molar refractivity (Wildman–Crippen MR) is 108 cm³/mol. The van der Waals surface area contributed by atoms with Crippen LogP contribution in [0.4, 0.5) is 13.2 Å². The third-order valence-corrected chi connectivity index (χ3v) is 4.18. The minimum absolute atomic E-state index is 0.107. The number of alkyl halides is 3. The van der Waals surface area contributed by atoms with Gasteiger partial charge in [0.15, 0.2) is 5.96 Å². The number of nitrogens with one attached hydrogen (secondary N) is 3. The SMILES string of the molecule is CN=C(NCCCNC(=O)c1ccccc1)NCCc1ccc(C(F)(F)F)cc1. The minimum atomic E-state index is -4.32. The molecule has 2 aromatic carbocycles. The number of carbonyl (C=O) groups excluding carboxylic acids is 1. The lowest BCUT2D eigenvalue weighted by Crippen LogP contribution is -2.39. The second-order valence-electron chi connectivity index (χ2n) is 6.35. The lowest BCUT2D eigenvalue weighted by atomic mass is 10.1. The van der Waals surface area contributed by atoms with Gasteiger partial charge in [-0.05, 0) is 42.7 Å². The van der Waals surface area contributed by atoms with E-state index in [4.69, 9.17) is 0 Å². The third-order valence-electron chi connectivity index (χ3n) is 4.18. The van der Waals surface area contributed by atoms with Gasteiger partial charge in [-0.1, -0.05) is 30.3 Å². The molecule has 2 aromatic rings. The van der Waals surface area contributed by atoms with Crippen LogP contribution in [0.3, 0.4) is 0 Å². The van der Waals surface area contributed by atoms with Crippen molar-refractivity contribution < 1.29 is 18.0 Å². The van der Waals surface area contributed by atoms with Crippen LogP contribution in [0.1, 0.15) is 27.9 Å². The van der Waals surface area contributed by atoms with E-state index >= 15 is 0 Å². The summed E-state index contributed by atoms with van der Waals surface area (Å²) >= 11 is 0. The summed E-state index contributed by atoms with van der Waals surface area (Å²) in [6, 6.07) is 14.2. The van der Waals surface area contributed by atoms with E-state index in [-0.39, 0.29) is 5.91 Å². The van der Waals surface area contributed by atoms with Gasteiger partial charge >= 0.3 is 6.18 Å². The number of halogens is 3. The van der Waals surface area contributed by atoms with Crippen molar-refractivity contribution in [2.75, 3.05) is 26.7 Å². The van der Waals surface area contributed by atoms with E-state index < -0.39 is 11.7 Å². The van der Waals surface area contributed by atoms with E-state index in [9.17, 15) is 18.0 Å². The van der Waals surface area contributed by atoms with Crippen molar-refractivity contribution in [3.63, 3.8) is 0 Å². The highest BCUT2D eigenvalue weighted by molar-refractivity contribution is 5.94. The normalized spacial score (nSPS) is 11.8. The number of carbonyl (C=O) groups is 1. The topological polar surface area (TPSA) is 65.5 Å². The largest absolute Gasteiger partial charge is 0.416 e. The molecule has 0 atom stereocenters. The van der Waals surface area contributed by atoms with Crippen LogP contribution in [-0.2, 0) is 12.6 Å². The van der Waals surface area contributed by atoms with E-state index in [0.717, 1.165) is 24.1 Å². The molecule has 0 heterocycles. The maximum Gasteiger partial charge on any atom is 0.416 e. The predicted octanol–water partition coefficient (Wildman–Crippen LogP) is 3.23. The molecule has 0 unspecified atom stereocenters. The first-order chi connectivity index (χ1) is 13.9. The fourth-order valence-corrected chi connectivity index (χ4v) is 2.59. The number of rotatable bonds is 8. The molecule has 0 aliphatic rings. The van der Waals surface area contributed by atoms with Gasteiger partial charge in [0.2, 0.25) is 0 Å². The van der Waals surface area contributed by atoms with Crippen molar-refractivity contribution >= 4 is 11.9 Å². The summed E-state index contributed by atoms with van der Waals surface area (Å²) in [5.41, 5.74) is 0.789. The Morgan fingerprint density at radius 2 is 1.52 bits per heavy atom. The standard InChI is InChI=1S/C21H25F3N4O/c1-25-20(27-14-5-13-26-19(29)17-6-3-2-4-7-17)28-15-12-16-8-10-18(11-9-16)21(22,23)24/h2-4,6-11H,5,12-15H2,1H3,(H,26,29)(H2,25,27,28). The Balaban J connectivity index is 1.62. The van der Waals surface area contributed by atoms with Crippen molar-refractivity contribution in [2.45, 2.75) is 19.0 Å². The summed E-state index contributed by atoms with van der Waals surface area (Å²) < 4.78 is 37.7. The third kappa shape index (κ3) is 7.85. The first-order valence-electron chi connectivity index (χ1n) is 9.34. The molecule has 156 valence electrons. The molecule has 29 heavy (non-hydrogen) atoms. The van der Waals surface area contributed by atoms with Gasteiger partial charge < -0.3 is 16.0 Å². The zero-order valence-electron chi connectivity index (χ0n) is 16.2. The number of hydrogen-bond acceptors (Lipinski definition) is 2. The van der Waals surface area contributed by atoms with Crippen LogP contribution in [0, 0.1) is 0 Å². The molecule has 2 rings (SSSR count). The van der Waals surface area contributed by atoms with Crippen molar-refractivity contribution in [3.8, 4) is 0 Å². The van der Waals surface area contributed by atoms with Gasteiger partial charge in [0, 0.05) is 32.2 Å². The Labute approximate surface area is 168 Å². The molecule has 0 aliphatic heterocycles. The van der Waals surface area contributed by atoms with Crippen LogP contribution < -0.4 is 16.0 Å². The fourth-order valence-electron chi connectivity index (χ4n) is 2.59. The molecule has 0 fully saturated rings. The summed E-state index contributed by atoms with van der Waals surface area (Å²) in [5.74, 6) is 0.496. The van der Waals surface area contributed by atoms with E-state index in [1.165, 1.54) is 12.1 Å². The van der Waals surface area contributed by atoms with Crippen molar-refractivity contribution in [1.82, 2.24) is 16.0 Å². The number of aliphatic imine (C=N–C) groups is 1. The van der Waals surface area contributed by atoms with Crippen LogP contribution in [0.2, 0.25) is 0 Å². The highest BCUT2D eigenvalue weighted by Gasteiger charge is 2.29. The minimum Gasteiger partial charge on any atom is -0.356 e. The summed E-state index contributed by atoms with van der Waals surface area (Å²) in [5, 5.41) is 9.11. The van der Waals surface area contributed by atoms with Gasteiger partial charge in [-0.3, -0.25) is 9.79 Å². The first kappa shape index (κ1) is 22.3. The Hall–Kier alpha value is -3.03. The Bertz CT molecular complexity index is 790. The molecular formula is C21H25F3N4O. The average Bonchev–Trinajstić information content (AvgIpc) is 2.72. The maximum absolute atomic E-state index is 12.6. The molecule has 0 saturated heterocycles. The number of hydrogen-bond donors (Lipinski definition) is 3. The van der Waals surface area contributed by atoms with Gasteiger partial charge in [-0.25, -0.2) is 0 Å². The van der Waals surface area contributed by atoms with Crippen LogP contribution in [0.15, 0.2) is 59.6 Å². The highest BCUT2D eigenvalue weighted by atomic mass is 19.4. The Morgan fingerprint density at radius 1 is 0.897 bits per heavy atom. The van der Waals surface area contributed by atoms with Gasteiger partial charge in [-0.15, -0.1) is 0 Å². The summed E-state index contributed by atoms with van der Waals surface area (Å²) in [4.78, 5) is 16.0. The van der Waals surface area contributed by atoms with Crippen LogP contribution in [0.5, 0.6) is 0 Å².